The van der Waals surface area contributed by atoms with Crippen molar-refractivity contribution < 1.29 is 9.47 Å². The topological polar surface area (TPSA) is 48.3 Å². The highest BCUT2D eigenvalue weighted by atomic mass is 16.5. The molecule has 20 heavy (non-hydrogen) atoms. The van der Waals surface area contributed by atoms with Gasteiger partial charge in [-0.25, -0.2) is 4.98 Å². The van der Waals surface area contributed by atoms with Gasteiger partial charge in [0.15, 0.2) is 0 Å². The molecule has 0 unspecified atom stereocenters. The Kier molecular flexibility index (Phi) is 6.07. The van der Waals surface area contributed by atoms with Crippen molar-refractivity contribution in [3.05, 3.63) is 48.5 Å². The maximum absolute atomic E-state index is 5.85. The van der Waals surface area contributed by atoms with Crippen LogP contribution in [0, 0.1) is 0 Å². The molecule has 5 nitrogen and oxygen atoms in total. The van der Waals surface area contributed by atoms with Gasteiger partial charge in [0.1, 0.15) is 12.4 Å². The molecule has 1 aromatic carbocycles. The maximum atomic E-state index is 5.85. The molecule has 0 aliphatic rings. The van der Waals surface area contributed by atoms with Gasteiger partial charge in [0.2, 0.25) is 0 Å². The molecule has 1 N–H and O–H groups in total. The number of hydrogen-bond acceptors (Lipinski definition) is 4. The predicted molar refractivity (Wildman–Crippen MR) is 77.7 cm³/mol. The van der Waals surface area contributed by atoms with Gasteiger partial charge in [-0.05, 0) is 6.07 Å². The lowest BCUT2D eigenvalue weighted by Gasteiger charge is -2.12. The number of nitrogens with one attached hydrogen (secondary N) is 1. The largest absolute Gasteiger partial charge is 0.491 e. The summed E-state index contributed by atoms with van der Waals surface area (Å²) in [7, 11) is 1.70. The van der Waals surface area contributed by atoms with Gasteiger partial charge in [0.05, 0.1) is 19.5 Å². The van der Waals surface area contributed by atoms with Crippen molar-refractivity contribution in [2.24, 2.45) is 0 Å². The minimum absolute atomic E-state index is 0.630. The lowest BCUT2D eigenvalue weighted by atomic mass is 10.2. The van der Waals surface area contributed by atoms with Crippen LogP contribution in [0.2, 0.25) is 0 Å². The zero-order valence-electron chi connectivity index (χ0n) is 11.8. The summed E-state index contributed by atoms with van der Waals surface area (Å²) >= 11 is 0. The second-order valence-electron chi connectivity index (χ2n) is 4.43. The van der Waals surface area contributed by atoms with Crippen LogP contribution < -0.4 is 10.1 Å². The fraction of sp³-hybridized carbons (Fsp3) is 0.400. The molecule has 2 aromatic rings. The first-order chi connectivity index (χ1) is 9.90. The summed E-state index contributed by atoms with van der Waals surface area (Å²) < 4.78 is 12.9. The second kappa shape index (κ2) is 8.35. The van der Waals surface area contributed by atoms with Crippen LogP contribution in [-0.2, 0) is 17.8 Å². The summed E-state index contributed by atoms with van der Waals surface area (Å²) in [4.78, 5) is 4.01. The normalized spacial score (nSPS) is 10.7. The maximum Gasteiger partial charge on any atom is 0.123 e. The number of aromatic nitrogens is 2. The van der Waals surface area contributed by atoms with E-state index in [1.807, 2.05) is 29.0 Å². The van der Waals surface area contributed by atoms with Crippen molar-refractivity contribution in [3.63, 3.8) is 0 Å². The standard InChI is InChI=1S/C15H21N3O2/c1-19-10-7-16-12-14-4-2-3-5-15(14)20-11-9-18-8-6-17-13-18/h2-6,8,13,16H,7,9-12H2,1H3. The molecule has 0 radical (unpaired) electrons. The number of hydrogen-bond donors (Lipinski definition) is 1. The molecule has 0 atom stereocenters. The van der Waals surface area contributed by atoms with Gasteiger partial charge in [-0.3, -0.25) is 0 Å². The minimum atomic E-state index is 0.630. The molecule has 0 amide bonds. The molecule has 1 aromatic heterocycles. The van der Waals surface area contributed by atoms with E-state index in [1.165, 1.54) is 0 Å². The Morgan fingerprint density at radius 1 is 1.25 bits per heavy atom. The Balaban J connectivity index is 1.80. The molecule has 0 fully saturated rings. The van der Waals surface area contributed by atoms with Crippen LogP contribution in [0.15, 0.2) is 43.0 Å². The molecule has 5 heteroatoms. The first kappa shape index (κ1) is 14.6. The van der Waals surface area contributed by atoms with E-state index in [1.54, 1.807) is 19.6 Å². The highest BCUT2D eigenvalue weighted by Crippen LogP contribution is 2.17. The van der Waals surface area contributed by atoms with Gasteiger partial charge in [-0.1, -0.05) is 18.2 Å². The zero-order valence-corrected chi connectivity index (χ0v) is 11.8. The molecule has 0 bridgehead atoms. The van der Waals surface area contributed by atoms with Crippen molar-refractivity contribution in [2.45, 2.75) is 13.1 Å². The van der Waals surface area contributed by atoms with Gasteiger partial charge in [0.25, 0.3) is 0 Å². The summed E-state index contributed by atoms with van der Waals surface area (Å²) in [5, 5.41) is 3.33. The third-order valence-electron chi connectivity index (χ3n) is 2.94. The summed E-state index contributed by atoms with van der Waals surface area (Å²) in [6.07, 6.45) is 5.50. The number of rotatable bonds is 9. The van der Waals surface area contributed by atoms with E-state index in [4.69, 9.17) is 9.47 Å². The van der Waals surface area contributed by atoms with E-state index in [9.17, 15) is 0 Å². The molecule has 1 heterocycles. The molecular formula is C15H21N3O2. The van der Waals surface area contributed by atoms with E-state index in [-0.39, 0.29) is 0 Å². The van der Waals surface area contributed by atoms with E-state index in [0.717, 1.165) is 30.9 Å². The third-order valence-corrected chi connectivity index (χ3v) is 2.94. The predicted octanol–water partition coefficient (Wildman–Crippen LogP) is 1.70. The van der Waals surface area contributed by atoms with Gasteiger partial charge in [0, 0.05) is 38.2 Å². The zero-order chi connectivity index (χ0) is 14.0. The Hall–Kier alpha value is -1.85. The quantitative estimate of drug-likeness (QED) is 0.708. The van der Waals surface area contributed by atoms with Crippen LogP contribution in [0.25, 0.3) is 0 Å². The molecule has 0 saturated carbocycles. The molecule has 0 saturated heterocycles. The lowest BCUT2D eigenvalue weighted by Crippen LogP contribution is -2.19. The average molecular weight is 275 g/mol. The van der Waals surface area contributed by atoms with Gasteiger partial charge < -0.3 is 19.4 Å². The second-order valence-corrected chi connectivity index (χ2v) is 4.43. The van der Waals surface area contributed by atoms with Gasteiger partial charge >= 0.3 is 0 Å². The highest BCUT2D eigenvalue weighted by molar-refractivity contribution is 5.33. The van der Waals surface area contributed by atoms with Crippen molar-refractivity contribution >= 4 is 0 Å². The Morgan fingerprint density at radius 3 is 2.95 bits per heavy atom. The van der Waals surface area contributed by atoms with E-state index >= 15 is 0 Å². The van der Waals surface area contributed by atoms with E-state index in [2.05, 4.69) is 16.4 Å². The van der Waals surface area contributed by atoms with Crippen molar-refractivity contribution in [1.82, 2.24) is 14.9 Å². The van der Waals surface area contributed by atoms with Crippen molar-refractivity contribution in [2.75, 3.05) is 26.9 Å². The van der Waals surface area contributed by atoms with Crippen molar-refractivity contribution in [1.29, 1.82) is 0 Å². The number of imidazole rings is 1. The van der Waals surface area contributed by atoms with Gasteiger partial charge in [-0.15, -0.1) is 0 Å². The third kappa shape index (κ3) is 4.68. The number of nitrogens with zero attached hydrogens (tertiary/aromatic N) is 2. The smallest absolute Gasteiger partial charge is 0.123 e. The minimum Gasteiger partial charge on any atom is -0.491 e. The fourth-order valence-electron chi connectivity index (χ4n) is 1.87. The average Bonchev–Trinajstić information content (AvgIpc) is 2.98. The number of para-hydroxylation sites is 1. The monoisotopic (exact) mass is 275 g/mol. The summed E-state index contributed by atoms with van der Waals surface area (Å²) in [5.74, 6) is 0.928. The number of ether oxygens (including phenoxy) is 2. The Labute approximate surface area is 119 Å². The van der Waals surface area contributed by atoms with Crippen molar-refractivity contribution in [3.8, 4) is 5.75 Å². The lowest BCUT2D eigenvalue weighted by molar-refractivity contribution is 0.199. The first-order valence-corrected chi connectivity index (χ1v) is 6.76. The molecule has 0 aliphatic heterocycles. The Morgan fingerprint density at radius 2 is 2.15 bits per heavy atom. The van der Waals surface area contributed by atoms with Crippen LogP contribution in [-0.4, -0.2) is 36.4 Å². The molecule has 0 aliphatic carbocycles. The SMILES string of the molecule is COCCNCc1ccccc1OCCn1ccnc1. The summed E-state index contributed by atoms with van der Waals surface area (Å²) in [6.45, 7) is 3.75. The van der Waals surface area contributed by atoms with Crippen LogP contribution in [0.1, 0.15) is 5.56 Å². The highest BCUT2D eigenvalue weighted by Gasteiger charge is 2.02. The molecule has 2 rings (SSSR count). The summed E-state index contributed by atoms with van der Waals surface area (Å²) in [5.41, 5.74) is 1.16. The van der Waals surface area contributed by atoms with Crippen LogP contribution >= 0.6 is 0 Å². The number of methoxy groups -OCH3 is 1. The van der Waals surface area contributed by atoms with Crippen LogP contribution in [0.4, 0.5) is 0 Å². The van der Waals surface area contributed by atoms with Crippen LogP contribution in [0.3, 0.4) is 0 Å². The number of benzene rings is 1. The van der Waals surface area contributed by atoms with E-state index in [0.29, 0.717) is 13.2 Å². The fourth-order valence-corrected chi connectivity index (χ4v) is 1.87. The van der Waals surface area contributed by atoms with Gasteiger partial charge in [-0.2, -0.15) is 0 Å². The molecular weight excluding hydrogens is 254 g/mol. The van der Waals surface area contributed by atoms with Crippen LogP contribution in [0.5, 0.6) is 5.75 Å². The summed E-state index contributed by atoms with van der Waals surface area (Å²) in [6, 6.07) is 8.09. The van der Waals surface area contributed by atoms with E-state index < -0.39 is 0 Å². The molecule has 108 valence electrons. The molecule has 0 spiro atoms. The Bertz CT molecular complexity index is 486. The first-order valence-electron chi connectivity index (χ1n) is 6.76.